The van der Waals surface area contributed by atoms with E-state index in [0.29, 0.717) is 24.1 Å². The summed E-state index contributed by atoms with van der Waals surface area (Å²) < 4.78 is 6.78. The largest absolute Gasteiger partial charge is 0.489 e. The number of aromatic nitrogens is 4. The Hall–Kier alpha value is -4.07. The first-order chi connectivity index (χ1) is 14.7. The Morgan fingerprint density at radius 3 is 2.63 bits per heavy atom. The van der Waals surface area contributed by atoms with Gasteiger partial charge in [-0.1, -0.05) is 35.5 Å². The number of fused-ring (bicyclic) bond motifs is 1. The Morgan fingerprint density at radius 1 is 1.00 bits per heavy atom. The SMILES string of the molecule is O=C(Cn1nnc2ccccc2c1=O)NCc1ccc(OCc2cccnc2)cc1. The van der Waals surface area contributed by atoms with Crippen LogP contribution in [0.25, 0.3) is 10.9 Å². The summed E-state index contributed by atoms with van der Waals surface area (Å²) in [5.74, 6) is 0.408. The molecule has 0 spiro atoms. The number of pyridine rings is 1. The van der Waals surface area contributed by atoms with E-state index in [1.54, 1.807) is 36.7 Å². The lowest BCUT2D eigenvalue weighted by Crippen LogP contribution is -2.34. The average molecular weight is 401 g/mol. The zero-order valence-electron chi connectivity index (χ0n) is 16.1. The molecule has 2 aromatic heterocycles. The lowest BCUT2D eigenvalue weighted by molar-refractivity contribution is -0.122. The topological polar surface area (TPSA) is 99.0 Å². The molecule has 0 saturated heterocycles. The zero-order chi connectivity index (χ0) is 20.8. The third-order valence-electron chi connectivity index (χ3n) is 4.46. The van der Waals surface area contributed by atoms with Gasteiger partial charge in [0.15, 0.2) is 0 Å². The van der Waals surface area contributed by atoms with Gasteiger partial charge in [-0.15, -0.1) is 5.10 Å². The molecule has 8 nitrogen and oxygen atoms in total. The molecule has 1 N–H and O–H groups in total. The van der Waals surface area contributed by atoms with E-state index in [1.807, 2.05) is 36.4 Å². The van der Waals surface area contributed by atoms with Crippen LogP contribution in [0.15, 0.2) is 77.9 Å². The van der Waals surface area contributed by atoms with Crippen LogP contribution in [0.3, 0.4) is 0 Å². The molecule has 0 aliphatic carbocycles. The molecule has 150 valence electrons. The van der Waals surface area contributed by atoms with E-state index >= 15 is 0 Å². The van der Waals surface area contributed by atoms with Gasteiger partial charge in [0.25, 0.3) is 5.56 Å². The predicted octanol–water partition coefficient (Wildman–Crippen LogP) is 2.08. The Labute approximate surface area is 172 Å². The predicted molar refractivity (Wildman–Crippen MR) is 111 cm³/mol. The van der Waals surface area contributed by atoms with E-state index in [-0.39, 0.29) is 18.0 Å². The highest BCUT2D eigenvalue weighted by Crippen LogP contribution is 2.14. The summed E-state index contributed by atoms with van der Waals surface area (Å²) in [6.45, 7) is 0.575. The third-order valence-corrected chi connectivity index (χ3v) is 4.46. The summed E-state index contributed by atoms with van der Waals surface area (Å²) in [5, 5.41) is 11.0. The number of nitrogens with zero attached hydrogens (tertiary/aromatic N) is 4. The van der Waals surface area contributed by atoms with E-state index < -0.39 is 0 Å². The normalized spacial score (nSPS) is 10.7. The van der Waals surface area contributed by atoms with E-state index in [0.717, 1.165) is 21.6 Å². The van der Waals surface area contributed by atoms with Crippen molar-refractivity contribution in [2.75, 3.05) is 0 Å². The molecule has 0 unspecified atom stereocenters. The molecule has 30 heavy (non-hydrogen) atoms. The van der Waals surface area contributed by atoms with Gasteiger partial charge in [-0.25, -0.2) is 4.68 Å². The maximum atomic E-state index is 12.4. The van der Waals surface area contributed by atoms with Crippen molar-refractivity contribution in [3.63, 3.8) is 0 Å². The summed E-state index contributed by atoms with van der Waals surface area (Å²) in [5.41, 5.74) is 2.06. The molecule has 0 atom stereocenters. The number of ether oxygens (including phenoxy) is 1. The third kappa shape index (κ3) is 4.67. The van der Waals surface area contributed by atoms with Crippen molar-refractivity contribution < 1.29 is 9.53 Å². The number of carbonyl (C=O) groups excluding carboxylic acids is 1. The van der Waals surface area contributed by atoms with Crippen molar-refractivity contribution in [2.24, 2.45) is 0 Å². The number of hydrogen-bond acceptors (Lipinski definition) is 6. The van der Waals surface area contributed by atoms with E-state index in [1.165, 1.54) is 0 Å². The highest BCUT2D eigenvalue weighted by Gasteiger charge is 2.09. The second-order valence-corrected chi connectivity index (χ2v) is 6.64. The summed E-state index contributed by atoms with van der Waals surface area (Å²) >= 11 is 0. The van der Waals surface area contributed by atoms with Crippen LogP contribution in [-0.4, -0.2) is 25.9 Å². The molecule has 0 aliphatic rings. The highest BCUT2D eigenvalue weighted by atomic mass is 16.5. The Bertz CT molecular complexity index is 1210. The Kier molecular flexibility index (Phi) is 5.75. The van der Waals surface area contributed by atoms with Crippen molar-refractivity contribution in [1.82, 2.24) is 25.3 Å². The van der Waals surface area contributed by atoms with Gasteiger partial charge in [0.05, 0.1) is 5.39 Å². The molecule has 2 aromatic carbocycles. The van der Waals surface area contributed by atoms with Gasteiger partial charge in [0, 0.05) is 24.5 Å². The standard InChI is InChI=1S/C22H19N5O3/c28-21(14-27-22(29)19-5-1-2-6-20(19)25-26-27)24-13-16-7-9-18(10-8-16)30-15-17-4-3-11-23-12-17/h1-12H,13-15H2,(H,24,28). The van der Waals surface area contributed by atoms with Crippen LogP contribution in [0.5, 0.6) is 5.75 Å². The van der Waals surface area contributed by atoms with Crippen LogP contribution in [0.2, 0.25) is 0 Å². The Balaban J connectivity index is 1.31. The lowest BCUT2D eigenvalue weighted by Gasteiger charge is -2.09. The molecule has 8 heteroatoms. The first-order valence-electron chi connectivity index (χ1n) is 9.39. The molecular formula is C22H19N5O3. The second-order valence-electron chi connectivity index (χ2n) is 6.64. The van der Waals surface area contributed by atoms with Gasteiger partial charge in [0.2, 0.25) is 5.91 Å². The fourth-order valence-electron chi connectivity index (χ4n) is 2.87. The minimum absolute atomic E-state index is 0.191. The van der Waals surface area contributed by atoms with E-state index in [2.05, 4.69) is 20.6 Å². The monoisotopic (exact) mass is 401 g/mol. The number of hydrogen-bond donors (Lipinski definition) is 1. The van der Waals surface area contributed by atoms with Crippen LogP contribution in [-0.2, 0) is 24.5 Å². The summed E-state index contributed by atoms with van der Waals surface area (Å²) in [6, 6.07) is 18.2. The molecule has 4 rings (SSSR count). The average Bonchev–Trinajstić information content (AvgIpc) is 2.80. The minimum atomic E-state index is -0.342. The fourth-order valence-corrected chi connectivity index (χ4v) is 2.87. The fraction of sp³-hybridized carbons (Fsp3) is 0.136. The number of benzene rings is 2. The van der Waals surface area contributed by atoms with Crippen molar-refractivity contribution in [1.29, 1.82) is 0 Å². The minimum Gasteiger partial charge on any atom is -0.489 e. The van der Waals surface area contributed by atoms with Crippen LogP contribution in [0, 0.1) is 0 Å². The van der Waals surface area contributed by atoms with Gasteiger partial charge < -0.3 is 10.1 Å². The van der Waals surface area contributed by atoms with Gasteiger partial charge in [-0.3, -0.25) is 14.6 Å². The van der Waals surface area contributed by atoms with E-state index in [4.69, 9.17) is 4.74 Å². The van der Waals surface area contributed by atoms with Crippen LogP contribution in [0.1, 0.15) is 11.1 Å². The summed E-state index contributed by atoms with van der Waals surface area (Å²) in [4.78, 5) is 28.7. The molecule has 1 amide bonds. The molecule has 0 aliphatic heterocycles. The number of amides is 1. The van der Waals surface area contributed by atoms with Gasteiger partial charge >= 0.3 is 0 Å². The van der Waals surface area contributed by atoms with Crippen LogP contribution in [0.4, 0.5) is 0 Å². The maximum absolute atomic E-state index is 12.4. The second kappa shape index (κ2) is 8.95. The van der Waals surface area contributed by atoms with Crippen LogP contribution >= 0.6 is 0 Å². The first kappa shape index (κ1) is 19.3. The van der Waals surface area contributed by atoms with Crippen molar-refractivity contribution in [3.8, 4) is 5.75 Å². The maximum Gasteiger partial charge on any atom is 0.278 e. The van der Waals surface area contributed by atoms with Crippen molar-refractivity contribution in [2.45, 2.75) is 19.7 Å². The lowest BCUT2D eigenvalue weighted by atomic mass is 10.2. The number of nitrogens with one attached hydrogen (secondary N) is 1. The molecular weight excluding hydrogens is 382 g/mol. The Morgan fingerprint density at radius 2 is 1.83 bits per heavy atom. The van der Waals surface area contributed by atoms with Gasteiger partial charge in [-0.05, 0) is 35.9 Å². The van der Waals surface area contributed by atoms with Gasteiger partial charge in [-0.2, -0.15) is 0 Å². The molecule has 0 bridgehead atoms. The number of rotatable bonds is 7. The highest BCUT2D eigenvalue weighted by molar-refractivity contribution is 5.78. The van der Waals surface area contributed by atoms with Crippen LogP contribution < -0.4 is 15.6 Å². The quantitative estimate of drug-likeness (QED) is 0.509. The molecule has 0 radical (unpaired) electrons. The van der Waals surface area contributed by atoms with Crippen molar-refractivity contribution >= 4 is 16.8 Å². The number of carbonyl (C=O) groups is 1. The zero-order valence-corrected chi connectivity index (χ0v) is 16.1. The van der Waals surface area contributed by atoms with Gasteiger partial charge in [0.1, 0.15) is 24.4 Å². The smallest absolute Gasteiger partial charge is 0.278 e. The summed E-state index contributed by atoms with van der Waals surface area (Å²) in [6.07, 6.45) is 3.48. The molecule has 0 fully saturated rings. The molecule has 2 heterocycles. The molecule has 4 aromatic rings. The summed E-state index contributed by atoms with van der Waals surface area (Å²) in [7, 11) is 0. The molecule has 0 saturated carbocycles. The van der Waals surface area contributed by atoms with E-state index in [9.17, 15) is 9.59 Å². The van der Waals surface area contributed by atoms with Crippen molar-refractivity contribution in [3.05, 3.63) is 94.5 Å². The first-order valence-corrected chi connectivity index (χ1v) is 9.39.